The number of rotatable bonds is 5. The summed E-state index contributed by atoms with van der Waals surface area (Å²) < 4.78 is 7.70. The zero-order valence-corrected chi connectivity index (χ0v) is 15.1. The Bertz CT molecular complexity index is 853. The Kier molecular flexibility index (Phi) is 4.37. The summed E-state index contributed by atoms with van der Waals surface area (Å²) in [7, 11) is 0. The van der Waals surface area contributed by atoms with Gasteiger partial charge in [-0.15, -0.1) is 5.10 Å². The minimum atomic E-state index is -0.968. The number of aromatic amines is 1. The molecule has 1 saturated heterocycles. The van der Waals surface area contributed by atoms with Crippen molar-refractivity contribution in [3.63, 3.8) is 0 Å². The van der Waals surface area contributed by atoms with Gasteiger partial charge in [-0.3, -0.25) is 10.00 Å². The van der Waals surface area contributed by atoms with Gasteiger partial charge in [-0.1, -0.05) is 5.21 Å². The molecule has 1 atom stereocenters. The van der Waals surface area contributed by atoms with Crippen LogP contribution in [0.2, 0.25) is 0 Å². The number of H-pyrrole nitrogens is 1. The lowest BCUT2D eigenvalue weighted by Gasteiger charge is -2.37. The van der Waals surface area contributed by atoms with Crippen molar-refractivity contribution in [1.82, 2.24) is 30.1 Å². The van der Waals surface area contributed by atoms with Gasteiger partial charge in [0.25, 0.3) is 0 Å². The lowest BCUT2D eigenvalue weighted by Crippen LogP contribution is -2.45. The number of hydrogen-bond acceptors (Lipinski definition) is 6. The molecule has 0 bridgehead atoms. The molecule has 0 amide bonds. The molecule has 0 aromatic carbocycles. The van der Waals surface area contributed by atoms with Crippen LogP contribution in [0.1, 0.15) is 44.2 Å². The molecule has 2 N–H and O–H groups in total. The second-order valence-electron chi connectivity index (χ2n) is 7.26. The third-order valence-corrected chi connectivity index (χ3v) is 4.87. The molecule has 3 aromatic heterocycles. The molecule has 8 nitrogen and oxygen atoms in total. The molecule has 4 rings (SSSR count). The quantitative estimate of drug-likeness (QED) is 0.728. The van der Waals surface area contributed by atoms with Gasteiger partial charge in [0.2, 0.25) is 0 Å². The van der Waals surface area contributed by atoms with E-state index < -0.39 is 5.60 Å². The van der Waals surface area contributed by atoms with E-state index in [-0.39, 0.29) is 6.04 Å². The van der Waals surface area contributed by atoms with Crippen molar-refractivity contribution >= 4 is 0 Å². The first kappa shape index (κ1) is 17.0. The van der Waals surface area contributed by atoms with E-state index in [2.05, 4.69) is 25.4 Å². The molecular formula is C18H24N6O2. The van der Waals surface area contributed by atoms with E-state index in [0.717, 1.165) is 30.2 Å². The number of furan rings is 1. The fraction of sp³-hybridized carbons (Fsp3) is 0.500. The summed E-state index contributed by atoms with van der Waals surface area (Å²) >= 11 is 0. The predicted molar refractivity (Wildman–Crippen MR) is 95.1 cm³/mol. The Balaban J connectivity index is 1.46. The molecule has 3 aromatic rings. The van der Waals surface area contributed by atoms with Crippen molar-refractivity contribution in [2.45, 2.75) is 44.9 Å². The number of aliphatic hydroxyl groups is 1. The number of nitrogens with one attached hydrogen (secondary N) is 1. The highest BCUT2D eigenvalue weighted by Crippen LogP contribution is 2.31. The van der Waals surface area contributed by atoms with E-state index in [1.807, 2.05) is 38.2 Å². The van der Waals surface area contributed by atoms with Crippen molar-refractivity contribution in [1.29, 1.82) is 0 Å². The number of nitrogens with zero attached hydrogens (tertiary/aromatic N) is 5. The lowest BCUT2D eigenvalue weighted by atomic mass is 9.90. The lowest BCUT2D eigenvalue weighted by molar-refractivity contribution is -0.0428. The first-order chi connectivity index (χ1) is 12.5. The van der Waals surface area contributed by atoms with Gasteiger partial charge in [-0.05, 0) is 51.4 Å². The highest BCUT2D eigenvalue weighted by atomic mass is 16.3. The fourth-order valence-corrected chi connectivity index (χ4v) is 3.43. The SMILES string of the molecule is CC(C)n1cc(C2(O)CCCN(Cc3ccc(-c4ccn[nH]4)o3)C2)nn1. The van der Waals surface area contributed by atoms with Crippen LogP contribution in [0.15, 0.2) is 35.0 Å². The van der Waals surface area contributed by atoms with Gasteiger partial charge < -0.3 is 9.52 Å². The topological polar surface area (TPSA) is 96.0 Å². The normalized spacial score (nSPS) is 21.5. The molecule has 1 fully saturated rings. The summed E-state index contributed by atoms with van der Waals surface area (Å²) in [5.41, 5.74) is 0.537. The van der Waals surface area contributed by atoms with Gasteiger partial charge in [0.1, 0.15) is 22.7 Å². The maximum absolute atomic E-state index is 11.1. The first-order valence-corrected chi connectivity index (χ1v) is 8.99. The molecular weight excluding hydrogens is 332 g/mol. The van der Waals surface area contributed by atoms with Gasteiger partial charge in [-0.25, -0.2) is 4.68 Å². The Hall–Kier alpha value is -2.45. The van der Waals surface area contributed by atoms with Crippen LogP contribution in [0.25, 0.3) is 11.5 Å². The smallest absolute Gasteiger partial charge is 0.152 e. The minimum Gasteiger partial charge on any atom is -0.458 e. The third-order valence-electron chi connectivity index (χ3n) is 4.87. The van der Waals surface area contributed by atoms with E-state index in [0.29, 0.717) is 25.2 Å². The van der Waals surface area contributed by atoms with Crippen LogP contribution in [0.5, 0.6) is 0 Å². The van der Waals surface area contributed by atoms with Crippen LogP contribution >= 0.6 is 0 Å². The third kappa shape index (κ3) is 3.30. The highest BCUT2D eigenvalue weighted by Gasteiger charge is 2.37. The van der Waals surface area contributed by atoms with Crippen LogP contribution in [0, 0.1) is 0 Å². The van der Waals surface area contributed by atoms with Gasteiger partial charge in [0.05, 0.1) is 12.7 Å². The molecule has 1 unspecified atom stereocenters. The van der Waals surface area contributed by atoms with Crippen molar-refractivity contribution in [2.24, 2.45) is 0 Å². The monoisotopic (exact) mass is 356 g/mol. The Labute approximate surface area is 151 Å². The van der Waals surface area contributed by atoms with Crippen molar-refractivity contribution in [2.75, 3.05) is 13.1 Å². The molecule has 8 heteroatoms. The van der Waals surface area contributed by atoms with Crippen LogP contribution in [-0.4, -0.2) is 48.3 Å². The molecule has 0 aliphatic carbocycles. The van der Waals surface area contributed by atoms with Crippen LogP contribution in [-0.2, 0) is 12.1 Å². The van der Waals surface area contributed by atoms with Crippen molar-refractivity contribution < 1.29 is 9.52 Å². The highest BCUT2D eigenvalue weighted by molar-refractivity contribution is 5.51. The summed E-state index contributed by atoms with van der Waals surface area (Å²) in [6.07, 6.45) is 5.15. The molecule has 0 saturated carbocycles. The molecule has 0 radical (unpaired) electrons. The molecule has 26 heavy (non-hydrogen) atoms. The average Bonchev–Trinajstić information content (AvgIpc) is 3.36. The molecule has 4 heterocycles. The van der Waals surface area contributed by atoms with E-state index in [1.165, 1.54) is 0 Å². The number of piperidine rings is 1. The summed E-state index contributed by atoms with van der Waals surface area (Å²) in [6, 6.07) is 6.01. The van der Waals surface area contributed by atoms with Gasteiger partial charge in [0.15, 0.2) is 5.76 Å². The largest absolute Gasteiger partial charge is 0.458 e. The van der Waals surface area contributed by atoms with Crippen LogP contribution in [0.4, 0.5) is 0 Å². The predicted octanol–water partition coefficient (Wildman–Crippen LogP) is 2.33. The van der Waals surface area contributed by atoms with Crippen molar-refractivity contribution in [3.8, 4) is 11.5 Å². The first-order valence-electron chi connectivity index (χ1n) is 8.99. The second-order valence-corrected chi connectivity index (χ2v) is 7.26. The van der Waals surface area contributed by atoms with Gasteiger partial charge in [-0.2, -0.15) is 5.10 Å². The molecule has 138 valence electrons. The van der Waals surface area contributed by atoms with Crippen LogP contribution in [0.3, 0.4) is 0 Å². The number of β-amino-alcohol motifs (C(OH)–C–C–N with tert-alkyl or cyclic N) is 1. The molecule has 1 aliphatic heterocycles. The second kappa shape index (κ2) is 6.69. The Morgan fingerprint density at radius 1 is 1.35 bits per heavy atom. The van der Waals surface area contributed by atoms with E-state index in [9.17, 15) is 5.11 Å². The number of hydrogen-bond donors (Lipinski definition) is 2. The Morgan fingerprint density at radius 3 is 2.96 bits per heavy atom. The van der Waals surface area contributed by atoms with Gasteiger partial charge >= 0.3 is 0 Å². The number of likely N-dealkylation sites (tertiary alicyclic amines) is 1. The van der Waals surface area contributed by atoms with Crippen molar-refractivity contribution in [3.05, 3.63) is 42.0 Å². The Morgan fingerprint density at radius 2 is 2.23 bits per heavy atom. The summed E-state index contributed by atoms with van der Waals surface area (Å²) in [4.78, 5) is 2.20. The van der Waals surface area contributed by atoms with E-state index in [1.54, 1.807) is 10.9 Å². The fourth-order valence-electron chi connectivity index (χ4n) is 3.43. The zero-order valence-electron chi connectivity index (χ0n) is 15.1. The number of aromatic nitrogens is 5. The summed E-state index contributed by atoms with van der Waals surface area (Å²) in [6.45, 7) is 6.17. The molecule has 1 aliphatic rings. The molecule has 0 spiro atoms. The van der Waals surface area contributed by atoms with Crippen LogP contribution < -0.4 is 0 Å². The maximum atomic E-state index is 11.1. The van der Waals surface area contributed by atoms with Gasteiger partial charge in [0, 0.05) is 18.8 Å². The average molecular weight is 356 g/mol. The summed E-state index contributed by atoms with van der Waals surface area (Å²) in [5.74, 6) is 1.63. The summed E-state index contributed by atoms with van der Waals surface area (Å²) in [5, 5.41) is 26.3. The minimum absolute atomic E-state index is 0.226. The van der Waals surface area contributed by atoms with E-state index >= 15 is 0 Å². The zero-order chi connectivity index (χ0) is 18.1. The standard InChI is InChI=1S/C18H24N6O2/c1-13(2)24-11-17(21-22-24)18(25)7-3-9-23(12-18)10-14-4-5-16(26-14)15-6-8-19-20-15/h4-6,8,11,13,25H,3,7,9-10,12H2,1-2H3,(H,19,20). The maximum Gasteiger partial charge on any atom is 0.152 e. The van der Waals surface area contributed by atoms with E-state index in [4.69, 9.17) is 4.42 Å².